The predicted octanol–water partition coefficient (Wildman–Crippen LogP) is 0.954. The zero-order valence-corrected chi connectivity index (χ0v) is 19.6. The lowest BCUT2D eigenvalue weighted by Gasteiger charge is -2.24. The number of rotatable bonds is 5. The monoisotopic (exact) mass is 491 g/mol. The molecule has 1 fully saturated rings. The van der Waals surface area contributed by atoms with Crippen molar-refractivity contribution in [1.29, 1.82) is 0 Å². The minimum atomic E-state index is -0.773. The van der Waals surface area contributed by atoms with Crippen LogP contribution in [0.5, 0.6) is 11.5 Å². The number of aromatic nitrogens is 2. The van der Waals surface area contributed by atoms with Crippen molar-refractivity contribution < 1.29 is 19.1 Å². The second-order valence-electron chi connectivity index (χ2n) is 8.70. The van der Waals surface area contributed by atoms with Gasteiger partial charge in [0, 0.05) is 31.8 Å². The average molecular weight is 492 g/mol. The molecule has 1 aromatic heterocycles. The molecule has 2 aromatic carbocycles. The van der Waals surface area contributed by atoms with Crippen molar-refractivity contribution in [2.24, 2.45) is 5.92 Å². The fourth-order valence-electron chi connectivity index (χ4n) is 4.53. The molecule has 0 saturated carbocycles. The van der Waals surface area contributed by atoms with Crippen LogP contribution in [0.1, 0.15) is 12.0 Å². The maximum atomic E-state index is 13.4. The van der Waals surface area contributed by atoms with Crippen molar-refractivity contribution in [2.75, 3.05) is 42.3 Å². The summed E-state index contributed by atoms with van der Waals surface area (Å²) in [6.07, 6.45) is -0.0287. The summed E-state index contributed by atoms with van der Waals surface area (Å²) in [7, 11) is 1.41. The lowest BCUT2D eigenvalue weighted by atomic mass is 10.1. The number of amides is 2. The van der Waals surface area contributed by atoms with Crippen molar-refractivity contribution >= 4 is 29.0 Å². The van der Waals surface area contributed by atoms with Crippen molar-refractivity contribution in [1.82, 2.24) is 9.55 Å². The molecule has 0 radical (unpaired) electrons. The van der Waals surface area contributed by atoms with Crippen LogP contribution < -0.4 is 36.3 Å². The Labute approximate surface area is 205 Å². The van der Waals surface area contributed by atoms with Crippen LogP contribution in [0.15, 0.2) is 58.1 Å². The van der Waals surface area contributed by atoms with Crippen molar-refractivity contribution in [3.63, 3.8) is 0 Å². The number of hydrogen-bond acceptors (Lipinski definition) is 7. The lowest BCUT2D eigenvalue weighted by Crippen LogP contribution is -2.42. The zero-order valence-electron chi connectivity index (χ0n) is 19.6. The Morgan fingerprint density at radius 1 is 1.08 bits per heavy atom. The second kappa shape index (κ2) is 9.25. The zero-order chi connectivity index (χ0) is 25.4. The molecule has 0 unspecified atom stereocenters. The van der Waals surface area contributed by atoms with Crippen molar-refractivity contribution in [3.05, 3.63) is 74.9 Å². The second-order valence-corrected chi connectivity index (χ2v) is 8.70. The molecule has 2 aliphatic heterocycles. The van der Waals surface area contributed by atoms with E-state index in [1.54, 1.807) is 18.2 Å². The number of ether oxygens (including phenoxy) is 2. The van der Waals surface area contributed by atoms with E-state index in [1.165, 1.54) is 16.5 Å². The minimum absolute atomic E-state index is 0.0287. The molecule has 5 rings (SSSR count). The Bertz CT molecular complexity index is 1450. The third-order valence-corrected chi connectivity index (χ3v) is 6.38. The van der Waals surface area contributed by atoms with Crippen LogP contribution in [0.2, 0.25) is 0 Å². The number of carbonyl (C=O) groups is 2. The first kappa shape index (κ1) is 23.2. The van der Waals surface area contributed by atoms with Gasteiger partial charge in [-0.25, -0.2) is 4.79 Å². The molecular formula is C25H25N5O6. The maximum Gasteiger partial charge on any atom is 0.330 e. The van der Waals surface area contributed by atoms with Gasteiger partial charge in [-0.3, -0.25) is 23.9 Å². The highest BCUT2D eigenvalue weighted by atomic mass is 16.6. The van der Waals surface area contributed by atoms with Crippen molar-refractivity contribution in [3.8, 4) is 11.5 Å². The SMILES string of the molecule is CN(C(=O)[C@H]1CC(=O)N(c2ccc3c(c2)OCCO3)C1)c1c(N)n(Cc2ccccc2)c(=O)[nH]c1=O. The number of benzene rings is 2. The topological polar surface area (TPSA) is 140 Å². The van der Waals surface area contributed by atoms with Gasteiger partial charge >= 0.3 is 5.69 Å². The van der Waals surface area contributed by atoms with Gasteiger partial charge in [-0.15, -0.1) is 0 Å². The number of H-pyrrole nitrogens is 1. The van der Waals surface area contributed by atoms with Crippen LogP contribution in [-0.4, -0.2) is 48.2 Å². The Balaban J connectivity index is 1.39. The summed E-state index contributed by atoms with van der Waals surface area (Å²) in [4.78, 5) is 56.2. The third-order valence-electron chi connectivity index (χ3n) is 6.38. The number of nitrogens with two attached hydrogens (primary N) is 1. The molecule has 11 heteroatoms. The van der Waals surface area contributed by atoms with Crippen LogP contribution in [-0.2, 0) is 16.1 Å². The molecular weight excluding hydrogens is 466 g/mol. The van der Waals surface area contributed by atoms with E-state index in [9.17, 15) is 19.2 Å². The first-order chi connectivity index (χ1) is 17.3. The van der Waals surface area contributed by atoms with Gasteiger partial charge in [0.1, 0.15) is 19.0 Å². The van der Waals surface area contributed by atoms with Crippen LogP contribution in [0.4, 0.5) is 17.2 Å². The summed E-state index contributed by atoms with van der Waals surface area (Å²) in [5.41, 5.74) is 6.04. The molecule has 0 spiro atoms. The van der Waals surface area contributed by atoms with Gasteiger partial charge in [0.25, 0.3) is 5.56 Å². The first-order valence-electron chi connectivity index (χ1n) is 11.5. The molecule has 11 nitrogen and oxygen atoms in total. The molecule has 36 heavy (non-hydrogen) atoms. The fourth-order valence-corrected chi connectivity index (χ4v) is 4.53. The largest absolute Gasteiger partial charge is 0.486 e. The van der Waals surface area contributed by atoms with E-state index in [2.05, 4.69) is 4.98 Å². The fraction of sp³-hybridized carbons (Fsp3) is 0.280. The Hall–Kier alpha value is -4.54. The molecule has 0 aliphatic carbocycles. The van der Waals surface area contributed by atoms with E-state index in [0.717, 1.165) is 10.5 Å². The number of anilines is 3. The van der Waals surface area contributed by atoms with Gasteiger partial charge in [0.05, 0.1) is 12.5 Å². The first-order valence-corrected chi connectivity index (χ1v) is 11.5. The smallest absolute Gasteiger partial charge is 0.330 e. The number of aromatic amines is 1. The van der Waals surface area contributed by atoms with Crippen LogP contribution in [0.25, 0.3) is 0 Å². The Kier molecular flexibility index (Phi) is 5.96. The van der Waals surface area contributed by atoms with Crippen LogP contribution >= 0.6 is 0 Å². The Morgan fingerprint density at radius 3 is 2.56 bits per heavy atom. The molecule has 186 valence electrons. The number of hydrogen-bond donors (Lipinski definition) is 2. The Morgan fingerprint density at radius 2 is 1.81 bits per heavy atom. The molecule has 3 aromatic rings. The highest BCUT2D eigenvalue weighted by molar-refractivity contribution is 6.05. The lowest BCUT2D eigenvalue weighted by molar-refractivity contribution is -0.124. The van der Waals surface area contributed by atoms with E-state index < -0.39 is 23.1 Å². The highest BCUT2D eigenvalue weighted by Gasteiger charge is 2.38. The molecule has 2 amide bonds. The average Bonchev–Trinajstić information content (AvgIpc) is 3.27. The van der Waals surface area contributed by atoms with Gasteiger partial charge in [-0.2, -0.15) is 0 Å². The molecule has 1 atom stereocenters. The summed E-state index contributed by atoms with van der Waals surface area (Å²) in [5, 5.41) is 0. The van der Waals surface area contributed by atoms with E-state index in [4.69, 9.17) is 15.2 Å². The van der Waals surface area contributed by atoms with E-state index in [-0.39, 0.29) is 36.9 Å². The van der Waals surface area contributed by atoms with E-state index >= 15 is 0 Å². The maximum absolute atomic E-state index is 13.4. The van der Waals surface area contributed by atoms with Crippen molar-refractivity contribution in [2.45, 2.75) is 13.0 Å². The van der Waals surface area contributed by atoms with Gasteiger partial charge in [-0.1, -0.05) is 30.3 Å². The number of nitrogens with zero attached hydrogens (tertiary/aromatic N) is 3. The highest BCUT2D eigenvalue weighted by Crippen LogP contribution is 2.36. The molecule has 2 aliphatic rings. The number of carbonyl (C=O) groups excluding carboxylic acids is 2. The predicted molar refractivity (Wildman–Crippen MR) is 133 cm³/mol. The summed E-state index contributed by atoms with van der Waals surface area (Å²) in [5.74, 6) is -0.372. The van der Waals surface area contributed by atoms with Gasteiger partial charge in [0.2, 0.25) is 11.8 Å². The quantitative estimate of drug-likeness (QED) is 0.542. The molecule has 3 N–H and O–H groups in total. The molecule has 1 saturated heterocycles. The van der Waals surface area contributed by atoms with Gasteiger partial charge in [-0.05, 0) is 17.7 Å². The molecule has 0 bridgehead atoms. The third kappa shape index (κ3) is 4.19. The number of nitrogens with one attached hydrogen (secondary N) is 1. The van der Waals surface area contributed by atoms with E-state index in [1.807, 2.05) is 30.3 Å². The summed E-state index contributed by atoms with van der Waals surface area (Å²) in [6, 6.07) is 14.3. The number of fused-ring (bicyclic) bond motifs is 1. The van der Waals surface area contributed by atoms with Crippen LogP contribution in [0, 0.1) is 5.92 Å². The standard InChI is InChI=1S/C25H25N5O6/c1-28(21-22(26)30(25(34)27-23(21)32)13-15-5-3-2-4-6-15)24(33)16-11-20(31)29(14-16)17-7-8-18-19(12-17)36-10-9-35-18/h2-8,12,16H,9-11,13-14,26H2,1H3,(H,27,32,34)/t16-/m0/s1. The summed E-state index contributed by atoms with van der Waals surface area (Å²) in [6.45, 7) is 1.12. The normalized spacial score (nSPS) is 16.8. The van der Waals surface area contributed by atoms with Crippen LogP contribution in [0.3, 0.4) is 0 Å². The summed E-state index contributed by atoms with van der Waals surface area (Å²) >= 11 is 0. The summed E-state index contributed by atoms with van der Waals surface area (Å²) < 4.78 is 12.3. The van der Waals surface area contributed by atoms with Gasteiger partial charge in [0.15, 0.2) is 17.2 Å². The number of nitrogen functional groups attached to an aromatic ring is 1. The minimum Gasteiger partial charge on any atom is -0.486 e. The molecule has 3 heterocycles. The van der Waals surface area contributed by atoms with Gasteiger partial charge < -0.3 is 25.0 Å². The van der Waals surface area contributed by atoms with E-state index in [0.29, 0.717) is 30.4 Å².